The van der Waals surface area contributed by atoms with E-state index in [1.165, 1.54) is 12.1 Å². The predicted molar refractivity (Wildman–Crippen MR) is 91.1 cm³/mol. The molecular weight excluding hydrogens is 328 g/mol. The lowest BCUT2D eigenvalue weighted by Gasteiger charge is -2.05. The molecule has 0 aromatic heterocycles. The summed E-state index contributed by atoms with van der Waals surface area (Å²) in [6.45, 7) is 0.458. The molecule has 2 aromatic rings. The summed E-state index contributed by atoms with van der Waals surface area (Å²) in [5, 5.41) is 26.2. The van der Waals surface area contributed by atoms with Crippen molar-refractivity contribution in [2.24, 2.45) is 5.10 Å². The van der Waals surface area contributed by atoms with Gasteiger partial charge in [-0.3, -0.25) is 25.7 Å². The number of fused-ring (bicyclic) bond motifs is 1. The van der Waals surface area contributed by atoms with E-state index in [0.29, 0.717) is 19.4 Å². The highest BCUT2D eigenvalue weighted by atomic mass is 16.6. The molecule has 9 heteroatoms. The van der Waals surface area contributed by atoms with E-state index in [4.69, 9.17) is 4.74 Å². The van der Waals surface area contributed by atoms with Crippen LogP contribution in [0, 0.1) is 20.2 Å². The first-order valence-corrected chi connectivity index (χ1v) is 7.49. The zero-order valence-electron chi connectivity index (χ0n) is 13.0. The van der Waals surface area contributed by atoms with Gasteiger partial charge in [0.05, 0.1) is 22.5 Å². The molecular formula is C16H14N4O5. The highest BCUT2D eigenvalue weighted by Crippen LogP contribution is 2.29. The average Bonchev–Trinajstić information content (AvgIpc) is 2.81. The molecule has 0 bridgehead atoms. The summed E-state index contributed by atoms with van der Waals surface area (Å²) < 4.78 is 5.64. The molecule has 0 aliphatic carbocycles. The van der Waals surface area contributed by atoms with Crippen molar-refractivity contribution in [3.8, 4) is 5.75 Å². The van der Waals surface area contributed by atoms with E-state index in [0.717, 1.165) is 23.1 Å². The van der Waals surface area contributed by atoms with Crippen molar-refractivity contribution in [1.29, 1.82) is 0 Å². The van der Waals surface area contributed by atoms with E-state index in [-0.39, 0.29) is 11.4 Å². The maximum Gasteiger partial charge on any atom is 0.301 e. The van der Waals surface area contributed by atoms with Crippen LogP contribution in [-0.4, -0.2) is 22.2 Å². The lowest BCUT2D eigenvalue weighted by atomic mass is 10.1. The minimum atomic E-state index is -0.680. The van der Waals surface area contributed by atoms with Crippen molar-refractivity contribution in [3.63, 3.8) is 0 Å². The van der Waals surface area contributed by atoms with Gasteiger partial charge in [0.15, 0.2) is 0 Å². The first-order chi connectivity index (χ1) is 12.0. The summed E-state index contributed by atoms with van der Waals surface area (Å²) in [5.41, 5.74) is 3.77. The summed E-state index contributed by atoms with van der Waals surface area (Å²) in [4.78, 5) is 20.6. The minimum Gasteiger partial charge on any atom is -0.493 e. The molecule has 0 amide bonds. The zero-order valence-corrected chi connectivity index (χ0v) is 13.0. The number of hydrogen-bond donors (Lipinski definition) is 1. The van der Waals surface area contributed by atoms with Crippen molar-refractivity contribution < 1.29 is 14.6 Å². The Hall–Kier alpha value is -3.49. The van der Waals surface area contributed by atoms with Crippen LogP contribution in [0.4, 0.5) is 17.1 Å². The predicted octanol–water partition coefficient (Wildman–Crippen LogP) is 3.30. The topological polar surface area (TPSA) is 120 Å². The smallest absolute Gasteiger partial charge is 0.301 e. The van der Waals surface area contributed by atoms with Gasteiger partial charge in [-0.05, 0) is 17.7 Å². The van der Waals surface area contributed by atoms with E-state index in [2.05, 4.69) is 10.5 Å². The molecule has 0 spiro atoms. The number of hydrogen-bond acceptors (Lipinski definition) is 7. The SMILES string of the molecule is O=[N+]([O-])c1ccc(NN=C2CCOc3ccccc3C2)c([N+](=O)[O-])c1. The molecule has 0 fully saturated rings. The van der Waals surface area contributed by atoms with Gasteiger partial charge in [0, 0.05) is 24.6 Å². The van der Waals surface area contributed by atoms with Gasteiger partial charge in [-0.2, -0.15) is 5.10 Å². The first-order valence-electron chi connectivity index (χ1n) is 7.49. The van der Waals surface area contributed by atoms with Crippen molar-refractivity contribution in [2.45, 2.75) is 12.8 Å². The lowest BCUT2D eigenvalue weighted by molar-refractivity contribution is -0.393. The van der Waals surface area contributed by atoms with E-state index in [1.54, 1.807) is 0 Å². The van der Waals surface area contributed by atoms with Crippen LogP contribution in [-0.2, 0) is 6.42 Å². The van der Waals surface area contributed by atoms with Gasteiger partial charge < -0.3 is 4.74 Å². The third-order valence-electron chi connectivity index (χ3n) is 3.74. The fourth-order valence-electron chi connectivity index (χ4n) is 2.49. The van der Waals surface area contributed by atoms with Crippen molar-refractivity contribution in [2.75, 3.05) is 12.0 Å². The molecule has 1 aliphatic heterocycles. The monoisotopic (exact) mass is 342 g/mol. The zero-order chi connectivity index (χ0) is 17.8. The van der Waals surface area contributed by atoms with E-state index >= 15 is 0 Å². The van der Waals surface area contributed by atoms with Gasteiger partial charge in [0.2, 0.25) is 0 Å². The largest absolute Gasteiger partial charge is 0.493 e. The van der Waals surface area contributed by atoms with Gasteiger partial charge in [0.25, 0.3) is 5.69 Å². The Morgan fingerprint density at radius 2 is 1.88 bits per heavy atom. The summed E-state index contributed by atoms with van der Waals surface area (Å²) in [5.74, 6) is 0.800. The maximum atomic E-state index is 11.1. The van der Waals surface area contributed by atoms with Crippen LogP contribution in [0.25, 0.3) is 0 Å². The molecule has 2 aromatic carbocycles. The second-order valence-electron chi connectivity index (χ2n) is 5.39. The van der Waals surface area contributed by atoms with E-state index < -0.39 is 15.5 Å². The van der Waals surface area contributed by atoms with Crippen LogP contribution in [0.1, 0.15) is 12.0 Å². The second-order valence-corrected chi connectivity index (χ2v) is 5.39. The Morgan fingerprint density at radius 3 is 2.64 bits per heavy atom. The molecule has 0 saturated heterocycles. The molecule has 1 heterocycles. The summed E-state index contributed by atoms with van der Waals surface area (Å²) in [6, 6.07) is 11.0. The standard InChI is InChI=1S/C16H14N4O5/c21-19(22)13-5-6-14(15(10-13)20(23)24)18-17-12-7-8-25-16-4-2-1-3-11(16)9-12/h1-6,10,18H,7-9H2. The molecule has 0 radical (unpaired) electrons. The molecule has 128 valence electrons. The Balaban J connectivity index is 1.84. The number of nitrogens with one attached hydrogen (secondary N) is 1. The molecule has 0 saturated carbocycles. The first kappa shape index (κ1) is 16.4. The highest BCUT2D eigenvalue weighted by Gasteiger charge is 2.20. The number of non-ortho nitro benzene ring substituents is 1. The molecule has 1 aliphatic rings. The summed E-state index contributed by atoms with van der Waals surface area (Å²) >= 11 is 0. The van der Waals surface area contributed by atoms with E-state index in [1.807, 2.05) is 24.3 Å². The maximum absolute atomic E-state index is 11.1. The second kappa shape index (κ2) is 6.95. The number of nitrogens with zero attached hydrogens (tertiary/aromatic N) is 3. The lowest BCUT2D eigenvalue weighted by Crippen LogP contribution is -2.08. The van der Waals surface area contributed by atoms with Crippen LogP contribution in [0.15, 0.2) is 47.6 Å². The van der Waals surface area contributed by atoms with Crippen LogP contribution in [0.2, 0.25) is 0 Å². The number of rotatable bonds is 4. The van der Waals surface area contributed by atoms with E-state index in [9.17, 15) is 20.2 Å². The molecule has 0 unspecified atom stereocenters. The third kappa shape index (κ3) is 3.71. The van der Waals surface area contributed by atoms with Crippen molar-refractivity contribution in [1.82, 2.24) is 0 Å². The van der Waals surface area contributed by atoms with Crippen LogP contribution in [0.5, 0.6) is 5.75 Å². The fraction of sp³-hybridized carbons (Fsp3) is 0.188. The Labute approximate surface area is 142 Å². The third-order valence-corrected chi connectivity index (χ3v) is 3.74. The van der Waals surface area contributed by atoms with Gasteiger partial charge in [-0.1, -0.05) is 18.2 Å². The molecule has 25 heavy (non-hydrogen) atoms. The van der Waals surface area contributed by atoms with Crippen LogP contribution in [0.3, 0.4) is 0 Å². The molecule has 1 N–H and O–H groups in total. The Bertz CT molecular complexity index is 865. The highest BCUT2D eigenvalue weighted by molar-refractivity contribution is 5.88. The fourth-order valence-corrected chi connectivity index (χ4v) is 2.49. The molecule has 9 nitrogen and oxygen atoms in total. The van der Waals surface area contributed by atoms with Gasteiger partial charge in [-0.25, -0.2) is 0 Å². The number of anilines is 1. The summed E-state index contributed by atoms with van der Waals surface area (Å²) in [7, 11) is 0. The number of hydrazone groups is 1. The van der Waals surface area contributed by atoms with Gasteiger partial charge >= 0.3 is 5.69 Å². The van der Waals surface area contributed by atoms with Crippen molar-refractivity contribution in [3.05, 3.63) is 68.3 Å². The summed E-state index contributed by atoms with van der Waals surface area (Å²) in [6.07, 6.45) is 1.13. The normalized spacial score (nSPS) is 15.0. The average molecular weight is 342 g/mol. The van der Waals surface area contributed by atoms with Crippen LogP contribution >= 0.6 is 0 Å². The number of ether oxygens (including phenoxy) is 1. The number of para-hydroxylation sites is 1. The Kier molecular flexibility index (Phi) is 4.55. The minimum absolute atomic E-state index is 0.0987. The molecule has 3 rings (SSSR count). The van der Waals surface area contributed by atoms with Crippen LogP contribution < -0.4 is 10.2 Å². The number of benzene rings is 2. The van der Waals surface area contributed by atoms with Crippen molar-refractivity contribution >= 4 is 22.8 Å². The Morgan fingerprint density at radius 1 is 1.08 bits per heavy atom. The molecule has 0 atom stereocenters. The number of nitro benzene ring substituents is 2. The quantitative estimate of drug-likeness (QED) is 0.672. The number of nitro groups is 2. The van der Waals surface area contributed by atoms with Gasteiger partial charge in [-0.15, -0.1) is 0 Å². The van der Waals surface area contributed by atoms with Gasteiger partial charge in [0.1, 0.15) is 11.4 Å².